The molecule has 1 atom stereocenters. The lowest BCUT2D eigenvalue weighted by Gasteiger charge is -2.31. The van der Waals surface area contributed by atoms with Crippen LogP contribution < -0.4 is 10.1 Å². The summed E-state index contributed by atoms with van der Waals surface area (Å²) in [4.78, 5) is 27.3. The lowest BCUT2D eigenvalue weighted by Crippen LogP contribution is -2.52. The second-order valence-electron chi connectivity index (χ2n) is 8.29. The molecule has 0 fully saturated rings. The molecule has 1 N–H and O–H groups in total. The third-order valence-electron chi connectivity index (χ3n) is 4.51. The van der Waals surface area contributed by atoms with E-state index in [0.717, 1.165) is 11.3 Å². The Morgan fingerprint density at radius 1 is 1.07 bits per heavy atom. The quantitative estimate of drug-likeness (QED) is 0.579. The van der Waals surface area contributed by atoms with Crippen LogP contribution in [0.1, 0.15) is 46.1 Å². The third kappa shape index (κ3) is 7.71. The van der Waals surface area contributed by atoms with Gasteiger partial charge in [0.1, 0.15) is 11.8 Å². The van der Waals surface area contributed by atoms with Crippen molar-refractivity contribution in [3.05, 3.63) is 65.2 Å². The Labute approximate surface area is 184 Å². The summed E-state index contributed by atoms with van der Waals surface area (Å²) in [5.74, 6) is 0.474. The first-order valence-corrected chi connectivity index (χ1v) is 10.6. The van der Waals surface area contributed by atoms with E-state index in [1.54, 1.807) is 17.9 Å². The van der Waals surface area contributed by atoms with E-state index in [4.69, 9.17) is 16.3 Å². The van der Waals surface area contributed by atoms with Gasteiger partial charge < -0.3 is 15.0 Å². The van der Waals surface area contributed by atoms with Crippen molar-refractivity contribution < 1.29 is 14.3 Å². The normalized spacial score (nSPS) is 12.2. The maximum atomic E-state index is 13.0. The molecule has 0 unspecified atom stereocenters. The fourth-order valence-corrected chi connectivity index (χ4v) is 3.14. The van der Waals surface area contributed by atoms with E-state index in [9.17, 15) is 9.59 Å². The van der Waals surface area contributed by atoms with Crippen LogP contribution in [0.25, 0.3) is 0 Å². The fourth-order valence-electron chi connectivity index (χ4n) is 2.94. The van der Waals surface area contributed by atoms with Gasteiger partial charge >= 0.3 is 0 Å². The number of carbonyl (C=O) groups excluding carboxylic acids is 2. The molecule has 0 heterocycles. The van der Waals surface area contributed by atoms with Gasteiger partial charge in [-0.3, -0.25) is 9.59 Å². The number of halogens is 1. The van der Waals surface area contributed by atoms with Crippen LogP contribution in [0.2, 0.25) is 5.02 Å². The molecule has 2 aromatic rings. The average molecular weight is 431 g/mol. The van der Waals surface area contributed by atoms with Gasteiger partial charge in [-0.2, -0.15) is 0 Å². The first-order chi connectivity index (χ1) is 14.2. The van der Waals surface area contributed by atoms with Gasteiger partial charge in [-0.1, -0.05) is 48.0 Å². The molecular weight excluding hydrogens is 400 g/mol. The van der Waals surface area contributed by atoms with Crippen LogP contribution in [0.4, 0.5) is 0 Å². The number of para-hydroxylation sites is 1. The van der Waals surface area contributed by atoms with Gasteiger partial charge in [-0.15, -0.1) is 0 Å². The Bertz CT molecular complexity index is 834. The zero-order chi connectivity index (χ0) is 22.1. The third-order valence-corrected chi connectivity index (χ3v) is 4.88. The van der Waals surface area contributed by atoms with Crippen LogP contribution in [0.5, 0.6) is 5.75 Å². The fraction of sp³-hybridized carbons (Fsp3) is 0.417. The predicted octanol–water partition coefficient (Wildman–Crippen LogP) is 4.83. The van der Waals surface area contributed by atoms with E-state index in [1.807, 2.05) is 69.3 Å². The van der Waals surface area contributed by atoms with Crippen molar-refractivity contribution in [1.29, 1.82) is 0 Å². The molecule has 5 nitrogen and oxygen atoms in total. The summed E-state index contributed by atoms with van der Waals surface area (Å²) in [5.41, 5.74) is 0.428. The number of amides is 2. The van der Waals surface area contributed by atoms with Gasteiger partial charge in [0.2, 0.25) is 11.8 Å². The maximum Gasteiger partial charge on any atom is 0.242 e. The van der Waals surface area contributed by atoms with Crippen LogP contribution in [-0.2, 0) is 16.1 Å². The smallest absolute Gasteiger partial charge is 0.242 e. The SMILES string of the molecule is C[C@@H](C(=O)NC(C)(C)C)N(Cc1ccccc1Cl)C(=O)CCCOc1ccccc1. The lowest BCUT2D eigenvalue weighted by atomic mass is 10.1. The summed E-state index contributed by atoms with van der Waals surface area (Å²) >= 11 is 6.30. The molecule has 30 heavy (non-hydrogen) atoms. The summed E-state index contributed by atoms with van der Waals surface area (Å²) in [7, 11) is 0. The standard InChI is InChI=1S/C24H31ClN2O3/c1-18(23(29)26-24(2,3)4)27(17-19-11-8-9-14-21(19)25)22(28)15-10-16-30-20-12-6-5-7-13-20/h5-9,11-14,18H,10,15-17H2,1-4H3,(H,26,29)/t18-/m0/s1. The molecule has 0 bridgehead atoms. The Balaban J connectivity index is 2.04. The molecule has 2 amide bonds. The van der Waals surface area contributed by atoms with Crippen molar-refractivity contribution in [3.63, 3.8) is 0 Å². The molecule has 0 aliphatic heterocycles. The second kappa shape index (κ2) is 11.0. The highest BCUT2D eigenvalue weighted by Gasteiger charge is 2.28. The van der Waals surface area contributed by atoms with E-state index in [2.05, 4.69) is 5.32 Å². The van der Waals surface area contributed by atoms with Crippen molar-refractivity contribution in [2.45, 2.75) is 58.7 Å². The Morgan fingerprint density at radius 3 is 2.33 bits per heavy atom. The first-order valence-electron chi connectivity index (χ1n) is 10.2. The number of nitrogens with zero attached hydrogens (tertiary/aromatic N) is 1. The molecule has 0 aromatic heterocycles. The van der Waals surface area contributed by atoms with Gasteiger partial charge in [0.15, 0.2) is 0 Å². The summed E-state index contributed by atoms with van der Waals surface area (Å²) in [6, 6.07) is 16.2. The topological polar surface area (TPSA) is 58.6 Å². The summed E-state index contributed by atoms with van der Waals surface area (Å²) in [6.45, 7) is 8.20. The van der Waals surface area contributed by atoms with E-state index in [-0.39, 0.29) is 30.3 Å². The molecule has 6 heteroatoms. The van der Waals surface area contributed by atoms with Gasteiger partial charge in [-0.05, 0) is 57.9 Å². The molecule has 162 valence electrons. The van der Waals surface area contributed by atoms with E-state index < -0.39 is 6.04 Å². The summed E-state index contributed by atoms with van der Waals surface area (Å²) in [5, 5.41) is 3.53. The summed E-state index contributed by atoms with van der Waals surface area (Å²) < 4.78 is 5.68. The van der Waals surface area contributed by atoms with E-state index in [0.29, 0.717) is 18.1 Å². The molecule has 0 saturated carbocycles. The predicted molar refractivity (Wildman–Crippen MR) is 121 cm³/mol. The number of rotatable bonds is 9. The first kappa shape index (κ1) is 23.7. The van der Waals surface area contributed by atoms with Gasteiger partial charge in [0.05, 0.1) is 6.61 Å². The highest BCUT2D eigenvalue weighted by Crippen LogP contribution is 2.20. The largest absolute Gasteiger partial charge is 0.494 e. The molecule has 0 spiro atoms. The van der Waals surface area contributed by atoms with Crippen LogP contribution in [-0.4, -0.2) is 34.9 Å². The van der Waals surface area contributed by atoms with Crippen LogP contribution >= 0.6 is 11.6 Å². The number of nitrogens with one attached hydrogen (secondary N) is 1. The average Bonchev–Trinajstić information content (AvgIpc) is 2.69. The van der Waals surface area contributed by atoms with Crippen LogP contribution in [0.3, 0.4) is 0 Å². The van der Waals surface area contributed by atoms with Crippen LogP contribution in [0, 0.1) is 0 Å². The minimum absolute atomic E-state index is 0.108. The number of benzene rings is 2. The number of hydrogen-bond donors (Lipinski definition) is 1. The zero-order valence-corrected chi connectivity index (χ0v) is 18.9. The molecule has 0 aliphatic carbocycles. The van der Waals surface area contributed by atoms with Crippen molar-refractivity contribution in [3.8, 4) is 5.75 Å². The molecular formula is C24H31ClN2O3. The van der Waals surface area contributed by atoms with Gasteiger partial charge in [0, 0.05) is 23.5 Å². The van der Waals surface area contributed by atoms with E-state index in [1.165, 1.54) is 0 Å². The van der Waals surface area contributed by atoms with Crippen molar-refractivity contribution in [1.82, 2.24) is 10.2 Å². The van der Waals surface area contributed by atoms with Crippen LogP contribution in [0.15, 0.2) is 54.6 Å². The Hall–Kier alpha value is -2.53. The number of ether oxygens (including phenoxy) is 1. The minimum atomic E-state index is -0.622. The molecule has 0 radical (unpaired) electrons. The molecule has 0 saturated heterocycles. The zero-order valence-electron chi connectivity index (χ0n) is 18.2. The Morgan fingerprint density at radius 2 is 1.70 bits per heavy atom. The monoisotopic (exact) mass is 430 g/mol. The molecule has 2 rings (SSSR count). The number of hydrogen-bond acceptors (Lipinski definition) is 3. The lowest BCUT2D eigenvalue weighted by molar-refractivity contribution is -0.141. The maximum absolute atomic E-state index is 13.0. The van der Waals surface area contributed by atoms with Crippen molar-refractivity contribution >= 4 is 23.4 Å². The van der Waals surface area contributed by atoms with Crippen molar-refractivity contribution in [2.75, 3.05) is 6.61 Å². The summed E-state index contributed by atoms with van der Waals surface area (Å²) in [6.07, 6.45) is 0.838. The highest BCUT2D eigenvalue weighted by atomic mass is 35.5. The molecule has 0 aliphatic rings. The number of carbonyl (C=O) groups is 2. The van der Waals surface area contributed by atoms with E-state index >= 15 is 0 Å². The highest BCUT2D eigenvalue weighted by molar-refractivity contribution is 6.31. The Kier molecular flexibility index (Phi) is 8.72. The minimum Gasteiger partial charge on any atom is -0.494 e. The van der Waals surface area contributed by atoms with Crippen molar-refractivity contribution in [2.24, 2.45) is 0 Å². The molecule has 2 aromatic carbocycles. The van der Waals surface area contributed by atoms with Gasteiger partial charge in [0.25, 0.3) is 0 Å². The van der Waals surface area contributed by atoms with Gasteiger partial charge in [-0.25, -0.2) is 0 Å². The second-order valence-corrected chi connectivity index (χ2v) is 8.70.